The summed E-state index contributed by atoms with van der Waals surface area (Å²) in [6.45, 7) is 2.58. The molecule has 3 rings (SSSR count). The lowest BCUT2D eigenvalue weighted by molar-refractivity contribution is -0.131. The lowest BCUT2D eigenvalue weighted by Crippen LogP contribution is -2.44. The van der Waals surface area contributed by atoms with Crippen LogP contribution >= 0.6 is 23.2 Å². The van der Waals surface area contributed by atoms with E-state index in [2.05, 4.69) is 4.98 Å². The molecule has 2 aliphatic rings. The van der Waals surface area contributed by atoms with Crippen LogP contribution in [0.2, 0.25) is 10.0 Å². The van der Waals surface area contributed by atoms with Gasteiger partial charge < -0.3 is 10.0 Å². The van der Waals surface area contributed by atoms with Gasteiger partial charge in [-0.3, -0.25) is 9.78 Å². The Bertz CT molecular complexity index is 735. The molecule has 1 amide bonds. The molecule has 0 fully saturated rings. The summed E-state index contributed by atoms with van der Waals surface area (Å²) >= 11 is 12.2. The summed E-state index contributed by atoms with van der Waals surface area (Å²) in [6, 6.07) is -0.0594. The average Bonchev–Trinajstić information content (AvgIpc) is 2.58. The Morgan fingerprint density at radius 1 is 1.33 bits per heavy atom. The van der Waals surface area contributed by atoms with Gasteiger partial charge in [0.2, 0.25) is 5.91 Å². The molecule has 2 heterocycles. The first kappa shape index (κ1) is 17.2. The van der Waals surface area contributed by atoms with Gasteiger partial charge in [-0.15, -0.1) is 0 Å². The molecule has 1 aliphatic carbocycles. The SMILES string of the molecule is C[C@H]1C2=CC=CC(CO)C2=CCN1C(=O)Cc1c(Cl)cncc1Cl. The second-order valence-electron chi connectivity index (χ2n) is 5.94. The number of hydrogen-bond acceptors (Lipinski definition) is 3. The van der Waals surface area contributed by atoms with Gasteiger partial charge in [0.15, 0.2) is 0 Å². The van der Waals surface area contributed by atoms with Gasteiger partial charge in [-0.25, -0.2) is 0 Å². The van der Waals surface area contributed by atoms with E-state index in [0.29, 0.717) is 22.2 Å². The number of halogens is 2. The summed E-state index contributed by atoms with van der Waals surface area (Å²) in [5, 5.41) is 10.3. The molecule has 126 valence electrons. The van der Waals surface area contributed by atoms with Gasteiger partial charge in [-0.2, -0.15) is 0 Å². The van der Waals surface area contributed by atoms with Crippen LogP contribution in [-0.4, -0.2) is 40.1 Å². The third-order valence-electron chi connectivity index (χ3n) is 4.57. The van der Waals surface area contributed by atoms with E-state index in [4.69, 9.17) is 23.2 Å². The molecule has 0 saturated heterocycles. The Kier molecular flexibility index (Phi) is 5.09. The number of aliphatic hydroxyl groups is 1. The summed E-state index contributed by atoms with van der Waals surface area (Å²) in [5.41, 5.74) is 2.78. The van der Waals surface area contributed by atoms with Crippen LogP contribution in [0.15, 0.2) is 47.8 Å². The zero-order valence-corrected chi connectivity index (χ0v) is 14.8. The van der Waals surface area contributed by atoms with Crippen LogP contribution in [0.1, 0.15) is 12.5 Å². The Balaban J connectivity index is 1.82. The molecule has 2 atom stereocenters. The lowest BCUT2D eigenvalue weighted by Gasteiger charge is -2.38. The number of hydrogen-bond donors (Lipinski definition) is 1. The van der Waals surface area contributed by atoms with Crippen molar-refractivity contribution in [2.24, 2.45) is 5.92 Å². The number of pyridine rings is 1. The van der Waals surface area contributed by atoms with Gasteiger partial charge in [0, 0.05) is 30.4 Å². The fourth-order valence-corrected chi connectivity index (χ4v) is 3.71. The highest BCUT2D eigenvalue weighted by molar-refractivity contribution is 6.36. The molecular weight excluding hydrogens is 347 g/mol. The molecule has 1 aromatic rings. The number of rotatable bonds is 3. The maximum absolute atomic E-state index is 12.8. The summed E-state index contributed by atoms with van der Waals surface area (Å²) in [6.07, 6.45) is 11.1. The van der Waals surface area contributed by atoms with Gasteiger partial charge in [0.1, 0.15) is 0 Å². The Hall–Kier alpha value is -1.62. The number of carbonyl (C=O) groups is 1. The number of allylic oxidation sites excluding steroid dienone is 2. The molecule has 0 bridgehead atoms. The monoisotopic (exact) mass is 364 g/mol. The van der Waals surface area contributed by atoms with Crippen LogP contribution in [0.5, 0.6) is 0 Å². The molecule has 0 radical (unpaired) electrons. The molecule has 0 saturated carbocycles. The van der Waals surface area contributed by atoms with Crippen molar-refractivity contribution in [3.63, 3.8) is 0 Å². The van der Waals surface area contributed by atoms with Gasteiger partial charge in [-0.05, 0) is 18.1 Å². The predicted molar refractivity (Wildman–Crippen MR) is 95.0 cm³/mol. The van der Waals surface area contributed by atoms with Crippen molar-refractivity contribution in [1.82, 2.24) is 9.88 Å². The van der Waals surface area contributed by atoms with E-state index >= 15 is 0 Å². The van der Waals surface area contributed by atoms with Crippen molar-refractivity contribution < 1.29 is 9.90 Å². The first-order chi connectivity index (χ1) is 11.5. The minimum atomic E-state index is -0.0594. The molecule has 1 aliphatic heterocycles. The van der Waals surface area contributed by atoms with E-state index in [-0.39, 0.29) is 30.9 Å². The second kappa shape index (κ2) is 7.09. The lowest BCUT2D eigenvalue weighted by atomic mass is 9.82. The van der Waals surface area contributed by atoms with E-state index in [1.54, 1.807) is 4.90 Å². The van der Waals surface area contributed by atoms with Gasteiger partial charge in [-0.1, -0.05) is 47.5 Å². The predicted octanol–water partition coefficient (Wildman–Crippen LogP) is 3.19. The normalized spacial score (nSPS) is 22.8. The van der Waals surface area contributed by atoms with Crippen LogP contribution in [0.25, 0.3) is 0 Å². The van der Waals surface area contributed by atoms with Crippen LogP contribution in [0.3, 0.4) is 0 Å². The molecule has 0 aromatic carbocycles. The highest BCUT2D eigenvalue weighted by Gasteiger charge is 2.31. The number of fused-ring (bicyclic) bond motifs is 1. The van der Waals surface area contributed by atoms with Crippen molar-refractivity contribution in [2.75, 3.05) is 13.2 Å². The Morgan fingerprint density at radius 2 is 2.04 bits per heavy atom. The third-order valence-corrected chi connectivity index (χ3v) is 5.23. The van der Waals surface area contributed by atoms with E-state index in [1.807, 2.05) is 31.2 Å². The minimum Gasteiger partial charge on any atom is -0.395 e. The highest BCUT2D eigenvalue weighted by Crippen LogP contribution is 2.33. The van der Waals surface area contributed by atoms with Crippen molar-refractivity contribution in [2.45, 2.75) is 19.4 Å². The first-order valence-corrected chi connectivity index (χ1v) is 8.55. The van der Waals surface area contributed by atoms with E-state index in [9.17, 15) is 9.90 Å². The average molecular weight is 365 g/mol. The van der Waals surface area contributed by atoms with Crippen LogP contribution in [-0.2, 0) is 11.2 Å². The maximum atomic E-state index is 12.8. The Labute approximate surface area is 151 Å². The summed E-state index contributed by atoms with van der Waals surface area (Å²) in [4.78, 5) is 18.5. The summed E-state index contributed by atoms with van der Waals surface area (Å²) in [7, 11) is 0. The van der Waals surface area contributed by atoms with E-state index < -0.39 is 0 Å². The summed E-state index contributed by atoms with van der Waals surface area (Å²) < 4.78 is 0. The third kappa shape index (κ3) is 3.14. The number of carbonyl (C=O) groups excluding carboxylic acids is 1. The topological polar surface area (TPSA) is 53.4 Å². The zero-order valence-electron chi connectivity index (χ0n) is 13.2. The van der Waals surface area contributed by atoms with Gasteiger partial charge in [0.25, 0.3) is 0 Å². The van der Waals surface area contributed by atoms with Gasteiger partial charge in [0.05, 0.1) is 29.1 Å². The molecule has 1 unspecified atom stereocenters. The molecule has 1 aromatic heterocycles. The number of nitrogens with zero attached hydrogens (tertiary/aromatic N) is 2. The second-order valence-corrected chi connectivity index (χ2v) is 6.75. The highest BCUT2D eigenvalue weighted by atomic mass is 35.5. The quantitative estimate of drug-likeness (QED) is 0.895. The molecule has 1 N–H and O–H groups in total. The maximum Gasteiger partial charge on any atom is 0.227 e. The van der Waals surface area contributed by atoms with Crippen LogP contribution in [0.4, 0.5) is 0 Å². The minimum absolute atomic E-state index is 0.00814. The fourth-order valence-electron chi connectivity index (χ4n) is 3.22. The fraction of sp³-hybridized carbons (Fsp3) is 0.333. The molecule has 6 heteroatoms. The van der Waals surface area contributed by atoms with Crippen LogP contribution in [0, 0.1) is 5.92 Å². The van der Waals surface area contributed by atoms with Crippen molar-refractivity contribution >= 4 is 29.1 Å². The smallest absolute Gasteiger partial charge is 0.227 e. The van der Waals surface area contributed by atoms with E-state index in [0.717, 1.165) is 11.1 Å². The number of amides is 1. The standard InChI is InChI=1S/C18H18Cl2N2O2/c1-11-13-4-2-3-12(10-23)14(13)5-6-22(11)18(24)7-15-16(19)8-21-9-17(15)20/h2-5,8-9,11-12,23H,6-7,10H2,1H3/t11-,12?/m0/s1. The first-order valence-electron chi connectivity index (χ1n) is 7.80. The largest absolute Gasteiger partial charge is 0.395 e. The van der Waals surface area contributed by atoms with Gasteiger partial charge >= 0.3 is 0 Å². The number of aromatic nitrogens is 1. The molecule has 24 heavy (non-hydrogen) atoms. The van der Waals surface area contributed by atoms with Crippen LogP contribution < -0.4 is 0 Å². The molecule has 0 spiro atoms. The zero-order chi connectivity index (χ0) is 17.3. The molecular formula is C18H18Cl2N2O2. The van der Waals surface area contributed by atoms with Crippen molar-refractivity contribution in [3.8, 4) is 0 Å². The van der Waals surface area contributed by atoms with E-state index in [1.165, 1.54) is 12.4 Å². The molecule has 4 nitrogen and oxygen atoms in total. The number of aliphatic hydroxyl groups excluding tert-OH is 1. The van der Waals surface area contributed by atoms with Crippen molar-refractivity contribution in [3.05, 3.63) is 63.5 Å². The Morgan fingerprint density at radius 3 is 2.71 bits per heavy atom. The summed E-state index contributed by atoms with van der Waals surface area (Å²) in [5.74, 6) is -0.0300. The van der Waals surface area contributed by atoms with Crippen molar-refractivity contribution in [1.29, 1.82) is 0 Å².